The van der Waals surface area contributed by atoms with E-state index in [1.54, 1.807) is 6.92 Å². The quantitative estimate of drug-likeness (QED) is 0.274. The van der Waals surface area contributed by atoms with E-state index in [1.807, 2.05) is 0 Å². The van der Waals surface area contributed by atoms with Gasteiger partial charge in [-0.2, -0.15) is 0 Å². The fourth-order valence-corrected chi connectivity index (χ4v) is 1.27. The molecule has 1 aromatic carbocycles. The van der Waals surface area contributed by atoms with Crippen molar-refractivity contribution >= 4 is 11.5 Å². The minimum Gasteiger partial charge on any atom is -0.479 e. The second-order valence-corrected chi connectivity index (χ2v) is 3.41. The smallest absolute Gasteiger partial charge is 0.272 e. The summed E-state index contributed by atoms with van der Waals surface area (Å²) < 4.78 is 18.7. The number of hydrogen-bond acceptors (Lipinski definition) is 5. The monoisotopic (exact) mass is 257 g/mol. The number of nitrogens with two attached hydrogens (primary N) is 1. The molecule has 1 aromatic rings. The Balaban J connectivity index is 2.94. The van der Waals surface area contributed by atoms with E-state index in [-0.39, 0.29) is 17.3 Å². The Hall–Kier alpha value is -2.38. The predicted molar refractivity (Wildman–Crippen MR) is 61.2 cm³/mol. The molecule has 0 saturated heterocycles. The molecular weight excluding hydrogens is 245 g/mol. The summed E-state index contributed by atoms with van der Waals surface area (Å²) in [5.41, 5.74) is 4.97. The highest BCUT2D eigenvalue weighted by Crippen LogP contribution is 2.23. The number of amidine groups is 1. The number of non-ortho nitro benzene ring substituents is 1. The normalized spacial score (nSPS) is 13.1. The third-order valence-corrected chi connectivity index (χ3v) is 2.21. The van der Waals surface area contributed by atoms with Crippen molar-refractivity contribution in [1.29, 1.82) is 0 Å². The fraction of sp³-hybridized carbons (Fsp3) is 0.300. The molecule has 3 N–H and O–H groups in total. The average molecular weight is 257 g/mol. The Labute approximate surface area is 102 Å². The van der Waals surface area contributed by atoms with Crippen LogP contribution < -0.4 is 10.5 Å². The van der Waals surface area contributed by atoms with E-state index >= 15 is 0 Å². The third-order valence-electron chi connectivity index (χ3n) is 2.21. The van der Waals surface area contributed by atoms with Gasteiger partial charge in [-0.3, -0.25) is 10.1 Å². The summed E-state index contributed by atoms with van der Waals surface area (Å²) in [6.07, 6.45) is -0.447. The van der Waals surface area contributed by atoms with E-state index < -0.39 is 16.8 Å². The maximum atomic E-state index is 13.5. The molecule has 0 aliphatic rings. The van der Waals surface area contributed by atoms with Gasteiger partial charge in [-0.05, 0) is 12.5 Å². The van der Waals surface area contributed by atoms with Crippen LogP contribution in [0.4, 0.5) is 10.1 Å². The number of nitro benzene ring substituents is 1. The van der Waals surface area contributed by atoms with Crippen LogP contribution >= 0.6 is 0 Å². The molecule has 1 rings (SSSR count). The SMILES string of the molecule is CCC(Oc1ccc([N+](=O)[O-])cc1F)C(N)=NO. The maximum absolute atomic E-state index is 13.5. The number of oxime groups is 1. The van der Waals surface area contributed by atoms with E-state index in [2.05, 4.69) is 5.16 Å². The van der Waals surface area contributed by atoms with Crippen molar-refractivity contribution < 1.29 is 19.3 Å². The molecule has 0 bridgehead atoms. The Morgan fingerprint density at radius 1 is 1.72 bits per heavy atom. The minimum absolute atomic E-state index is 0.195. The first kappa shape index (κ1) is 13.7. The van der Waals surface area contributed by atoms with Crippen LogP contribution in [0.1, 0.15) is 13.3 Å². The molecule has 0 amide bonds. The lowest BCUT2D eigenvalue weighted by atomic mass is 10.2. The van der Waals surface area contributed by atoms with Crippen LogP contribution in [0.2, 0.25) is 0 Å². The number of nitro groups is 1. The van der Waals surface area contributed by atoms with Crippen molar-refractivity contribution in [2.75, 3.05) is 0 Å². The summed E-state index contributed by atoms with van der Waals surface area (Å²) in [6, 6.07) is 2.98. The number of nitrogens with zero attached hydrogens (tertiary/aromatic N) is 2. The molecule has 0 aliphatic heterocycles. The van der Waals surface area contributed by atoms with E-state index in [0.717, 1.165) is 18.2 Å². The summed E-state index contributed by atoms with van der Waals surface area (Å²) in [5.74, 6) is -1.28. The molecule has 1 unspecified atom stereocenters. The summed E-state index contributed by atoms with van der Waals surface area (Å²) in [4.78, 5) is 9.71. The largest absolute Gasteiger partial charge is 0.479 e. The molecule has 0 heterocycles. The lowest BCUT2D eigenvalue weighted by molar-refractivity contribution is -0.385. The fourth-order valence-electron chi connectivity index (χ4n) is 1.27. The Kier molecular flexibility index (Phi) is 4.41. The highest BCUT2D eigenvalue weighted by molar-refractivity contribution is 5.84. The molecule has 0 aromatic heterocycles. The summed E-state index contributed by atoms with van der Waals surface area (Å²) in [6.45, 7) is 1.70. The summed E-state index contributed by atoms with van der Waals surface area (Å²) in [5, 5.41) is 21.7. The zero-order valence-electron chi connectivity index (χ0n) is 9.54. The van der Waals surface area contributed by atoms with Gasteiger partial charge in [-0.1, -0.05) is 12.1 Å². The summed E-state index contributed by atoms with van der Waals surface area (Å²) >= 11 is 0. The van der Waals surface area contributed by atoms with Gasteiger partial charge in [0.2, 0.25) is 0 Å². The third kappa shape index (κ3) is 3.06. The van der Waals surface area contributed by atoms with Crippen molar-refractivity contribution in [1.82, 2.24) is 0 Å². The van der Waals surface area contributed by atoms with E-state index in [9.17, 15) is 14.5 Å². The molecule has 0 radical (unpaired) electrons. The average Bonchev–Trinajstić information content (AvgIpc) is 2.36. The molecule has 1 atom stereocenters. The van der Waals surface area contributed by atoms with Gasteiger partial charge in [0.1, 0.15) is 0 Å². The van der Waals surface area contributed by atoms with Crippen LogP contribution in [0.5, 0.6) is 5.75 Å². The van der Waals surface area contributed by atoms with E-state index in [1.165, 1.54) is 0 Å². The minimum atomic E-state index is -0.881. The second-order valence-electron chi connectivity index (χ2n) is 3.41. The van der Waals surface area contributed by atoms with Gasteiger partial charge in [-0.25, -0.2) is 4.39 Å². The lowest BCUT2D eigenvalue weighted by Crippen LogP contribution is -2.33. The maximum Gasteiger partial charge on any atom is 0.272 e. The molecule has 98 valence electrons. The van der Waals surface area contributed by atoms with Crippen LogP contribution in [0.15, 0.2) is 23.4 Å². The number of benzene rings is 1. The first-order valence-electron chi connectivity index (χ1n) is 5.07. The molecular formula is C10H12FN3O4. The van der Waals surface area contributed by atoms with E-state index in [4.69, 9.17) is 15.7 Å². The van der Waals surface area contributed by atoms with Gasteiger partial charge < -0.3 is 15.7 Å². The highest BCUT2D eigenvalue weighted by atomic mass is 19.1. The van der Waals surface area contributed by atoms with Gasteiger partial charge >= 0.3 is 0 Å². The van der Waals surface area contributed by atoms with Crippen molar-refractivity contribution in [2.24, 2.45) is 10.9 Å². The molecule has 0 saturated carbocycles. The summed E-state index contributed by atoms with van der Waals surface area (Å²) in [7, 11) is 0. The molecule has 0 aliphatic carbocycles. The number of halogens is 1. The predicted octanol–water partition coefficient (Wildman–Crippen LogP) is 1.64. The van der Waals surface area contributed by atoms with E-state index in [0.29, 0.717) is 6.42 Å². The zero-order chi connectivity index (χ0) is 13.7. The molecule has 7 nitrogen and oxygen atoms in total. The number of ether oxygens (including phenoxy) is 1. The number of hydrogen-bond donors (Lipinski definition) is 2. The first-order valence-corrected chi connectivity index (χ1v) is 5.07. The number of rotatable bonds is 5. The molecule has 8 heteroatoms. The van der Waals surface area contributed by atoms with Crippen molar-refractivity contribution in [3.63, 3.8) is 0 Å². The molecule has 18 heavy (non-hydrogen) atoms. The van der Waals surface area contributed by atoms with Crippen LogP contribution in [-0.4, -0.2) is 22.1 Å². The van der Waals surface area contributed by atoms with Crippen LogP contribution in [0.3, 0.4) is 0 Å². The van der Waals surface area contributed by atoms with Crippen molar-refractivity contribution in [3.05, 3.63) is 34.1 Å². The van der Waals surface area contributed by atoms with Crippen molar-refractivity contribution in [3.8, 4) is 5.75 Å². The van der Waals surface area contributed by atoms with Gasteiger partial charge in [-0.15, -0.1) is 0 Å². The lowest BCUT2D eigenvalue weighted by Gasteiger charge is -2.16. The molecule has 0 fully saturated rings. The van der Waals surface area contributed by atoms with Crippen molar-refractivity contribution in [2.45, 2.75) is 19.4 Å². The van der Waals surface area contributed by atoms with Gasteiger partial charge in [0.15, 0.2) is 23.5 Å². The first-order chi connectivity index (χ1) is 8.49. The Morgan fingerprint density at radius 3 is 2.83 bits per heavy atom. The van der Waals surface area contributed by atoms with Gasteiger partial charge in [0.05, 0.1) is 11.0 Å². The van der Waals surface area contributed by atoms with Crippen LogP contribution in [0, 0.1) is 15.9 Å². The van der Waals surface area contributed by atoms with Gasteiger partial charge in [0, 0.05) is 6.07 Å². The zero-order valence-corrected chi connectivity index (χ0v) is 9.54. The Bertz CT molecular complexity index is 478. The Morgan fingerprint density at radius 2 is 2.39 bits per heavy atom. The topological polar surface area (TPSA) is 111 Å². The second kappa shape index (κ2) is 5.80. The highest BCUT2D eigenvalue weighted by Gasteiger charge is 2.18. The van der Waals surface area contributed by atoms with Crippen LogP contribution in [0.25, 0.3) is 0 Å². The standard InChI is InChI=1S/C10H12FN3O4/c1-2-8(10(12)13-15)18-9-4-3-6(14(16)17)5-7(9)11/h3-5,8,15H,2H2,1H3,(H2,12,13). The van der Waals surface area contributed by atoms with Crippen LogP contribution in [-0.2, 0) is 0 Å². The molecule has 0 spiro atoms. The van der Waals surface area contributed by atoms with Gasteiger partial charge in [0.25, 0.3) is 5.69 Å².